The highest BCUT2D eigenvalue weighted by Gasteiger charge is 2.31. The van der Waals surface area contributed by atoms with Crippen LogP contribution < -0.4 is 8.92 Å². The first kappa shape index (κ1) is 19.9. The van der Waals surface area contributed by atoms with Crippen LogP contribution in [0, 0.1) is 0 Å². The molecule has 3 heterocycles. The SMILES string of the molecule is COc1ccc2c(c1OS(=O)(=O)c1ccccc1)CN1CCc3cc4oc[o+]c4cc3C1=C2. The monoisotopic (exact) mass is 462 g/mol. The van der Waals surface area contributed by atoms with Crippen molar-refractivity contribution in [3.05, 3.63) is 83.3 Å². The second-order valence-electron chi connectivity index (χ2n) is 8.00. The minimum atomic E-state index is -4.02. The van der Waals surface area contributed by atoms with Crippen LogP contribution in [-0.4, -0.2) is 27.0 Å². The van der Waals surface area contributed by atoms with Gasteiger partial charge in [0.25, 0.3) is 0 Å². The van der Waals surface area contributed by atoms with Gasteiger partial charge in [0.05, 0.1) is 7.11 Å². The molecule has 8 heteroatoms. The van der Waals surface area contributed by atoms with Crippen LogP contribution in [0.2, 0.25) is 0 Å². The highest BCUT2D eigenvalue weighted by Crippen LogP contribution is 2.44. The first-order chi connectivity index (χ1) is 16.0. The normalized spacial score (nSPS) is 14.8. The molecule has 0 N–H and O–H groups in total. The predicted octanol–water partition coefficient (Wildman–Crippen LogP) is 4.95. The van der Waals surface area contributed by atoms with Gasteiger partial charge >= 0.3 is 27.7 Å². The zero-order chi connectivity index (χ0) is 22.6. The van der Waals surface area contributed by atoms with E-state index in [1.165, 1.54) is 31.3 Å². The lowest BCUT2D eigenvalue weighted by Gasteiger charge is -2.37. The maximum absolute atomic E-state index is 13.0. The maximum atomic E-state index is 13.0. The number of ether oxygens (including phenoxy) is 1. The van der Waals surface area contributed by atoms with Gasteiger partial charge in [-0.05, 0) is 41.8 Å². The van der Waals surface area contributed by atoms with E-state index in [1.54, 1.807) is 24.3 Å². The standard InChI is InChI=1S/C25H20NO6S/c1-29-22-8-7-16-11-21-19-13-24-23(30-15-31-24)12-17(19)9-10-26(21)14-20(16)25(22)32-33(27,28)18-5-3-2-4-6-18/h2-8,11-13,15H,9-10,14H2,1H3/q+1. The average molecular weight is 463 g/mol. The minimum Gasteiger partial charge on any atom is -0.493 e. The van der Waals surface area contributed by atoms with Crippen molar-refractivity contribution in [3.8, 4) is 11.5 Å². The highest BCUT2D eigenvalue weighted by molar-refractivity contribution is 7.87. The lowest BCUT2D eigenvalue weighted by Crippen LogP contribution is -2.31. The molecule has 166 valence electrons. The van der Waals surface area contributed by atoms with Crippen molar-refractivity contribution < 1.29 is 26.2 Å². The smallest absolute Gasteiger partial charge is 0.485 e. The molecule has 0 radical (unpaired) electrons. The van der Waals surface area contributed by atoms with Crippen molar-refractivity contribution in [3.63, 3.8) is 0 Å². The molecule has 0 spiro atoms. The molecule has 3 aromatic carbocycles. The summed E-state index contributed by atoms with van der Waals surface area (Å²) in [6.07, 6.45) is 2.89. The Morgan fingerprint density at radius 1 is 1.09 bits per heavy atom. The van der Waals surface area contributed by atoms with Crippen molar-refractivity contribution in [1.82, 2.24) is 4.90 Å². The molecule has 0 aliphatic carbocycles. The molecule has 0 saturated heterocycles. The third-order valence-corrected chi connectivity index (χ3v) is 7.37. The zero-order valence-electron chi connectivity index (χ0n) is 17.8. The summed E-state index contributed by atoms with van der Waals surface area (Å²) in [4.78, 5) is 2.31. The van der Waals surface area contributed by atoms with E-state index in [2.05, 4.69) is 11.0 Å². The van der Waals surface area contributed by atoms with E-state index in [-0.39, 0.29) is 10.6 Å². The van der Waals surface area contributed by atoms with Crippen LogP contribution in [-0.2, 0) is 23.1 Å². The summed E-state index contributed by atoms with van der Waals surface area (Å²) in [6, 6.07) is 15.8. The van der Waals surface area contributed by atoms with E-state index in [0.717, 1.165) is 40.9 Å². The van der Waals surface area contributed by atoms with Gasteiger partial charge in [-0.3, -0.25) is 8.83 Å². The summed E-state index contributed by atoms with van der Waals surface area (Å²) >= 11 is 0. The fourth-order valence-corrected chi connectivity index (χ4v) is 5.48. The van der Waals surface area contributed by atoms with E-state index < -0.39 is 10.1 Å². The third-order valence-electron chi connectivity index (χ3n) is 6.13. The van der Waals surface area contributed by atoms with E-state index in [0.29, 0.717) is 17.9 Å². The van der Waals surface area contributed by atoms with Crippen molar-refractivity contribution >= 4 is 33.1 Å². The van der Waals surface area contributed by atoms with Crippen molar-refractivity contribution in [2.45, 2.75) is 17.9 Å². The van der Waals surface area contributed by atoms with Crippen molar-refractivity contribution in [1.29, 1.82) is 0 Å². The molecular weight excluding hydrogens is 442 g/mol. The zero-order valence-corrected chi connectivity index (χ0v) is 18.6. The Kier molecular flexibility index (Phi) is 4.45. The fourth-order valence-electron chi connectivity index (χ4n) is 4.49. The van der Waals surface area contributed by atoms with Crippen LogP contribution in [0.4, 0.5) is 0 Å². The van der Waals surface area contributed by atoms with Gasteiger partial charge in [-0.1, -0.05) is 24.3 Å². The van der Waals surface area contributed by atoms with Gasteiger partial charge < -0.3 is 13.8 Å². The summed E-state index contributed by atoms with van der Waals surface area (Å²) in [7, 11) is -2.51. The minimum absolute atomic E-state index is 0.0940. The summed E-state index contributed by atoms with van der Waals surface area (Å²) < 4.78 is 48.0. The van der Waals surface area contributed by atoms with Gasteiger partial charge in [-0.2, -0.15) is 8.42 Å². The molecule has 0 saturated carbocycles. The molecule has 0 atom stereocenters. The number of fused-ring (bicyclic) bond motifs is 5. The Hall–Kier alpha value is -3.78. The topological polar surface area (TPSA) is 80.3 Å². The Labute approximate surface area is 190 Å². The van der Waals surface area contributed by atoms with Gasteiger partial charge in [0.1, 0.15) is 4.90 Å². The molecule has 2 aliphatic rings. The molecular formula is C25H20NO6S+. The summed E-state index contributed by atoms with van der Waals surface area (Å²) in [5.74, 6) is 0.599. The number of benzene rings is 3. The first-order valence-electron chi connectivity index (χ1n) is 10.5. The molecule has 0 unspecified atom stereocenters. The molecule has 33 heavy (non-hydrogen) atoms. The molecule has 2 aliphatic heterocycles. The molecule has 0 amide bonds. The van der Waals surface area contributed by atoms with Crippen LogP contribution in [0.25, 0.3) is 22.9 Å². The molecule has 6 rings (SSSR count). The average Bonchev–Trinajstić information content (AvgIpc) is 3.30. The Bertz CT molecular complexity index is 1520. The Morgan fingerprint density at radius 2 is 1.94 bits per heavy atom. The second-order valence-corrected chi connectivity index (χ2v) is 9.55. The number of nitrogens with zero attached hydrogens (tertiary/aromatic N) is 1. The number of methoxy groups -OCH3 is 1. The summed E-state index contributed by atoms with van der Waals surface area (Å²) in [6.45, 7) is 2.61. The van der Waals surface area contributed by atoms with Crippen LogP contribution in [0.1, 0.15) is 22.3 Å². The van der Waals surface area contributed by atoms with Gasteiger partial charge in [-0.15, -0.1) is 0 Å². The molecule has 1 aromatic heterocycles. The van der Waals surface area contributed by atoms with Gasteiger partial charge in [-0.25, -0.2) is 0 Å². The van der Waals surface area contributed by atoms with E-state index >= 15 is 0 Å². The van der Waals surface area contributed by atoms with Crippen LogP contribution >= 0.6 is 0 Å². The highest BCUT2D eigenvalue weighted by atomic mass is 32.2. The Balaban J connectivity index is 1.47. The molecule has 0 fully saturated rings. The van der Waals surface area contributed by atoms with Gasteiger partial charge in [0.2, 0.25) is 0 Å². The van der Waals surface area contributed by atoms with E-state index in [1.807, 2.05) is 18.2 Å². The molecule has 0 bridgehead atoms. The predicted molar refractivity (Wildman–Crippen MR) is 122 cm³/mol. The Morgan fingerprint density at radius 3 is 2.76 bits per heavy atom. The molecule has 7 nitrogen and oxygen atoms in total. The summed E-state index contributed by atoms with van der Waals surface area (Å²) in [5, 5.41) is 0. The maximum Gasteiger partial charge on any atom is 0.485 e. The van der Waals surface area contributed by atoms with Crippen molar-refractivity contribution in [2.24, 2.45) is 0 Å². The largest absolute Gasteiger partial charge is 0.493 e. The number of hydrogen-bond acceptors (Lipinski definition) is 6. The lowest BCUT2D eigenvalue weighted by atomic mass is 9.90. The van der Waals surface area contributed by atoms with Crippen LogP contribution in [0.15, 0.2) is 74.8 Å². The van der Waals surface area contributed by atoms with Crippen LogP contribution in [0.3, 0.4) is 0 Å². The number of rotatable bonds is 4. The van der Waals surface area contributed by atoms with E-state index in [9.17, 15) is 8.42 Å². The van der Waals surface area contributed by atoms with E-state index in [4.69, 9.17) is 17.8 Å². The second kappa shape index (κ2) is 7.38. The van der Waals surface area contributed by atoms with Gasteiger partial charge in [0, 0.05) is 42.0 Å². The van der Waals surface area contributed by atoms with Crippen LogP contribution in [0.5, 0.6) is 11.5 Å². The lowest BCUT2D eigenvalue weighted by molar-refractivity contribution is 0.362. The molecule has 4 aromatic rings. The van der Waals surface area contributed by atoms with Crippen molar-refractivity contribution in [2.75, 3.05) is 13.7 Å². The summed E-state index contributed by atoms with van der Waals surface area (Å²) in [5.41, 5.74) is 6.41. The van der Waals surface area contributed by atoms with Gasteiger partial charge in [0.15, 0.2) is 11.5 Å². The fraction of sp³-hybridized carbons (Fsp3) is 0.160. The first-order valence-corrected chi connectivity index (χ1v) is 11.9. The third kappa shape index (κ3) is 3.25. The number of hydrogen-bond donors (Lipinski definition) is 0. The quantitative estimate of drug-likeness (QED) is 0.313.